The second-order valence-electron chi connectivity index (χ2n) is 6.17. The van der Waals surface area contributed by atoms with Gasteiger partial charge in [-0.05, 0) is 55.3 Å². The number of thioether (sulfide) groups is 1. The van der Waals surface area contributed by atoms with Crippen LogP contribution < -0.4 is 15.9 Å². The van der Waals surface area contributed by atoms with E-state index in [1.54, 1.807) is 0 Å². The van der Waals surface area contributed by atoms with E-state index in [1.807, 2.05) is 32.0 Å². The molecule has 0 bridgehead atoms. The molecule has 0 saturated carbocycles. The highest BCUT2D eigenvalue weighted by Gasteiger charge is 2.13. The average Bonchev–Trinajstić information content (AvgIpc) is 3.02. The fourth-order valence-electron chi connectivity index (χ4n) is 2.37. The van der Waals surface area contributed by atoms with E-state index >= 15 is 0 Å². The van der Waals surface area contributed by atoms with Crippen LogP contribution in [0, 0.1) is 19.7 Å². The van der Waals surface area contributed by atoms with E-state index in [9.17, 15) is 9.18 Å². The van der Waals surface area contributed by atoms with Crippen molar-refractivity contribution in [3.8, 4) is 5.75 Å². The van der Waals surface area contributed by atoms with Crippen LogP contribution in [0.1, 0.15) is 17.0 Å². The van der Waals surface area contributed by atoms with Gasteiger partial charge in [0.15, 0.2) is 5.82 Å². The number of amides is 1. The summed E-state index contributed by atoms with van der Waals surface area (Å²) >= 11 is 1.18. The summed E-state index contributed by atoms with van der Waals surface area (Å²) in [5, 5.41) is 11.2. The Morgan fingerprint density at radius 2 is 1.96 bits per heavy atom. The van der Waals surface area contributed by atoms with Gasteiger partial charge in [-0.2, -0.15) is 0 Å². The zero-order valence-corrected chi connectivity index (χ0v) is 16.3. The van der Waals surface area contributed by atoms with Gasteiger partial charge in [0, 0.05) is 5.69 Å². The number of nitrogens with one attached hydrogen (secondary N) is 1. The molecule has 0 aliphatic rings. The van der Waals surface area contributed by atoms with E-state index in [-0.39, 0.29) is 24.1 Å². The molecule has 0 aliphatic carbocycles. The monoisotopic (exact) mass is 401 g/mol. The molecule has 3 rings (SSSR count). The standard InChI is InChI=1S/C19H20FN5O2S/c1-12-3-4-13(2)16(9-12)22-18(26)11-28-19-24-23-17(25(19)21)10-27-15-7-5-14(20)6-8-15/h3-9H,10-11,21H2,1-2H3,(H,22,26). The zero-order valence-electron chi connectivity index (χ0n) is 15.5. The summed E-state index contributed by atoms with van der Waals surface area (Å²) in [7, 11) is 0. The number of hydrogen-bond donors (Lipinski definition) is 2. The smallest absolute Gasteiger partial charge is 0.234 e. The van der Waals surface area contributed by atoms with E-state index < -0.39 is 0 Å². The van der Waals surface area contributed by atoms with Gasteiger partial charge in [0.2, 0.25) is 11.1 Å². The summed E-state index contributed by atoms with van der Waals surface area (Å²) in [5.74, 6) is 6.49. The van der Waals surface area contributed by atoms with Crippen molar-refractivity contribution >= 4 is 23.4 Å². The molecule has 28 heavy (non-hydrogen) atoms. The van der Waals surface area contributed by atoms with Gasteiger partial charge in [-0.15, -0.1) is 10.2 Å². The van der Waals surface area contributed by atoms with Gasteiger partial charge in [0.05, 0.1) is 5.75 Å². The van der Waals surface area contributed by atoms with Crippen LogP contribution in [0.25, 0.3) is 0 Å². The van der Waals surface area contributed by atoms with Crippen LogP contribution in [0.4, 0.5) is 10.1 Å². The fraction of sp³-hybridized carbons (Fsp3) is 0.211. The Labute approximate surface area is 166 Å². The summed E-state index contributed by atoms with van der Waals surface area (Å²) in [6.07, 6.45) is 0. The predicted octanol–water partition coefficient (Wildman–Crippen LogP) is 3.06. The molecule has 3 aromatic rings. The summed E-state index contributed by atoms with van der Waals surface area (Å²) in [4.78, 5) is 12.2. The van der Waals surface area contributed by atoms with E-state index in [1.165, 1.54) is 40.7 Å². The number of nitrogen functional groups attached to an aromatic ring is 1. The number of aryl methyl sites for hydroxylation is 2. The van der Waals surface area contributed by atoms with Gasteiger partial charge in [-0.1, -0.05) is 23.9 Å². The van der Waals surface area contributed by atoms with E-state index in [2.05, 4.69) is 15.5 Å². The number of halogens is 1. The first-order valence-electron chi connectivity index (χ1n) is 8.50. The normalized spacial score (nSPS) is 10.7. The Bertz CT molecular complexity index is 975. The molecule has 3 N–H and O–H groups in total. The maximum Gasteiger partial charge on any atom is 0.234 e. The lowest BCUT2D eigenvalue weighted by Gasteiger charge is -2.09. The molecule has 0 unspecified atom stereocenters. The zero-order chi connectivity index (χ0) is 20.1. The molecular formula is C19H20FN5O2S. The summed E-state index contributed by atoms with van der Waals surface area (Å²) < 4.78 is 19.7. The minimum Gasteiger partial charge on any atom is -0.486 e. The Morgan fingerprint density at radius 3 is 2.71 bits per heavy atom. The van der Waals surface area contributed by atoms with Crippen LogP contribution in [-0.2, 0) is 11.4 Å². The van der Waals surface area contributed by atoms with E-state index in [4.69, 9.17) is 10.6 Å². The number of anilines is 1. The van der Waals surface area contributed by atoms with Crippen LogP contribution in [0.3, 0.4) is 0 Å². The number of hydrogen-bond acceptors (Lipinski definition) is 6. The minimum absolute atomic E-state index is 0.0738. The molecular weight excluding hydrogens is 381 g/mol. The lowest BCUT2D eigenvalue weighted by Crippen LogP contribution is -2.18. The Hall–Kier alpha value is -3.07. The molecule has 1 aromatic heterocycles. The van der Waals surface area contributed by atoms with Crippen LogP contribution >= 0.6 is 11.8 Å². The van der Waals surface area contributed by atoms with Crippen LogP contribution in [0.5, 0.6) is 5.75 Å². The number of nitrogens with zero attached hydrogens (tertiary/aromatic N) is 3. The number of aromatic nitrogens is 3. The molecule has 0 saturated heterocycles. The van der Waals surface area contributed by atoms with E-state index in [0.717, 1.165) is 16.8 Å². The number of carbonyl (C=O) groups excluding carboxylic acids is 1. The number of carbonyl (C=O) groups is 1. The van der Waals surface area contributed by atoms with Gasteiger partial charge in [-0.3, -0.25) is 4.79 Å². The predicted molar refractivity (Wildman–Crippen MR) is 106 cm³/mol. The maximum absolute atomic E-state index is 12.9. The van der Waals surface area contributed by atoms with Crippen LogP contribution in [-0.4, -0.2) is 26.5 Å². The Morgan fingerprint density at radius 1 is 1.21 bits per heavy atom. The Balaban J connectivity index is 1.54. The minimum atomic E-state index is -0.341. The first kappa shape index (κ1) is 19.7. The number of benzene rings is 2. The topological polar surface area (TPSA) is 95.1 Å². The summed E-state index contributed by atoms with van der Waals surface area (Å²) in [6.45, 7) is 3.98. The van der Waals surface area contributed by atoms with Gasteiger partial charge in [0.1, 0.15) is 18.2 Å². The lowest BCUT2D eigenvalue weighted by atomic mass is 10.1. The first-order valence-corrected chi connectivity index (χ1v) is 9.48. The van der Waals surface area contributed by atoms with Crippen LogP contribution in [0.15, 0.2) is 47.6 Å². The molecule has 0 radical (unpaired) electrons. The van der Waals surface area contributed by atoms with E-state index in [0.29, 0.717) is 16.7 Å². The third-order valence-electron chi connectivity index (χ3n) is 3.92. The van der Waals surface area contributed by atoms with Crippen molar-refractivity contribution in [3.63, 3.8) is 0 Å². The molecule has 9 heteroatoms. The van der Waals surface area contributed by atoms with Crippen molar-refractivity contribution < 1.29 is 13.9 Å². The van der Waals surface area contributed by atoms with Gasteiger partial charge in [-0.25, -0.2) is 9.07 Å². The molecule has 0 atom stereocenters. The van der Waals surface area contributed by atoms with Crippen molar-refractivity contribution in [2.45, 2.75) is 25.6 Å². The molecule has 1 heterocycles. The van der Waals surface area contributed by atoms with Gasteiger partial charge >= 0.3 is 0 Å². The largest absolute Gasteiger partial charge is 0.486 e. The van der Waals surface area contributed by atoms with Gasteiger partial charge in [0.25, 0.3) is 0 Å². The van der Waals surface area contributed by atoms with Crippen molar-refractivity contribution in [1.29, 1.82) is 0 Å². The SMILES string of the molecule is Cc1ccc(C)c(NC(=O)CSc2nnc(COc3ccc(F)cc3)n2N)c1. The fourth-order valence-corrected chi connectivity index (χ4v) is 3.05. The average molecular weight is 401 g/mol. The molecule has 2 aromatic carbocycles. The van der Waals surface area contributed by atoms with Crippen molar-refractivity contribution in [2.24, 2.45) is 0 Å². The molecule has 0 fully saturated rings. The number of ether oxygens (including phenoxy) is 1. The summed E-state index contributed by atoms with van der Waals surface area (Å²) in [6, 6.07) is 11.5. The lowest BCUT2D eigenvalue weighted by molar-refractivity contribution is -0.113. The molecule has 0 spiro atoms. The molecule has 0 aliphatic heterocycles. The second-order valence-corrected chi connectivity index (χ2v) is 7.11. The third-order valence-corrected chi connectivity index (χ3v) is 4.86. The van der Waals surface area contributed by atoms with Crippen molar-refractivity contribution in [2.75, 3.05) is 16.9 Å². The van der Waals surface area contributed by atoms with Gasteiger partial charge < -0.3 is 15.9 Å². The van der Waals surface area contributed by atoms with Crippen molar-refractivity contribution in [3.05, 3.63) is 65.2 Å². The molecule has 1 amide bonds. The quantitative estimate of drug-likeness (QED) is 0.467. The highest BCUT2D eigenvalue weighted by molar-refractivity contribution is 7.99. The first-order chi connectivity index (χ1) is 13.4. The maximum atomic E-state index is 12.9. The number of nitrogens with two attached hydrogens (primary N) is 1. The summed E-state index contributed by atoms with van der Waals surface area (Å²) in [5.41, 5.74) is 2.85. The van der Waals surface area contributed by atoms with Crippen LogP contribution in [0.2, 0.25) is 0 Å². The third kappa shape index (κ3) is 5.01. The highest BCUT2D eigenvalue weighted by Crippen LogP contribution is 2.19. The second kappa shape index (κ2) is 8.75. The van der Waals surface area contributed by atoms with Crippen molar-refractivity contribution in [1.82, 2.24) is 14.9 Å². The molecule has 7 nitrogen and oxygen atoms in total. The number of rotatable bonds is 7. The highest BCUT2D eigenvalue weighted by atomic mass is 32.2. The Kier molecular flexibility index (Phi) is 6.15. The molecule has 146 valence electrons.